The molecule has 1 aromatic carbocycles. The minimum Gasteiger partial charge on any atom is -0.310 e. The monoisotopic (exact) mass is 353 g/mol. The zero-order valence-electron chi connectivity index (χ0n) is 14.3. The fourth-order valence-corrected chi connectivity index (χ4v) is 3.06. The summed E-state index contributed by atoms with van der Waals surface area (Å²) in [6.45, 7) is 5.81. The van der Waals surface area contributed by atoms with Gasteiger partial charge in [-0.3, -0.25) is 9.89 Å². The van der Waals surface area contributed by atoms with E-state index < -0.39 is 0 Å². The number of anilines is 1. The molecule has 2 N–H and O–H groups in total. The maximum atomic E-state index is 12.2. The molecule has 0 saturated heterocycles. The van der Waals surface area contributed by atoms with E-state index in [0.717, 1.165) is 28.2 Å². The van der Waals surface area contributed by atoms with Gasteiger partial charge in [0.2, 0.25) is 11.1 Å². The number of hydrogen-bond donors (Lipinski definition) is 2. The highest BCUT2D eigenvalue weighted by atomic mass is 32.2. The van der Waals surface area contributed by atoms with Crippen molar-refractivity contribution in [2.45, 2.75) is 25.9 Å². The molecular weight excluding hydrogens is 334 g/mol. The van der Waals surface area contributed by atoms with Gasteiger partial charge < -0.3 is 5.32 Å². The highest BCUT2D eigenvalue weighted by Gasteiger charge is 2.11. The Hall–Kier alpha value is -2.67. The van der Waals surface area contributed by atoms with Gasteiger partial charge in [0, 0.05) is 5.69 Å². The van der Waals surface area contributed by atoms with E-state index in [4.69, 9.17) is 0 Å². The molecule has 7 heteroatoms. The van der Waals surface area contributed by atoms with Gasteiger partial charge in [0.15, 0.2) is 0 Å². The molecule has 0 aliphatic heterocycles. The largest absolute Gasteiger partial charge is 0.310 e. The number of pyridine rings is 1. The van der Waals surface area contributed by atoms with Gasteiger partial charge in [-0.25, -0.2) is 9.97 Å². The van der Waals surface area contributed by atoms with Gasteiger partial charge in [-0.05, 0) is 43.5 Å². The van der Waals surface area contributed by atoms with Crippen LogP contribution in [0.25, 0.3) is 11.1 Å². The van der Waals surface area contributed by atoms with Crippen molar-refractivity contribution in [1.82, 2.24) is 20.2 Å². The maximum absolute atomic E-state index is 12.2. The Labute approximate surface area is 150 Å². The van der Waals surface area contributed by atoms with Crippen LogP contribution in [0.3, 0.4) is 0 Å². The van der Waals surface area contributed by atoms with Crippen molar-refractivity contribution in [3.8, 4) is 11.1 Å². The lowest BCUT2D eigenvalue weighted by molar-refractivity contribution is -0.113. The van der Waals surface area contributed by atoms with E-state index in [2.05, 4.69) is 37.6 Å². The molecule has 2 aromatic heterocycles. The summed E-state index contributed by atoms with van der Waals surface area (Å²) in [6, 6.07) is 12.0. The lowest BCUT2D eigenvalue weighted by Gasteiger charge is -2.12. The molecule has 0 unspecified atom stereocenters. The molecule has 0 spiro atoms. The second-order valence-corrected chi connectivity index (χ2v) is 6.61. The summed E-state index contributed by atoms with van der Waals surface area (Å²) in [4.78, 5) is 20.8. The Bertz CT molecular complexity index is 892. The van der Waals surface area contributed by atoms with Crippen LogP contribution in [0.5, 0.6) is 0 Å². The third-order valence-corrected chi connectivity index (χ3v) is 4.62. The minimum atomic E-state index is -0.137. The fraction of sp³-hybridized carbons (Fsp3) is 0.222. The predicted molar refractivity (Wildman–Crippen MR) is 99.6 cm³/mol. The summed E-state index contributed by atoms with van der Waals surface area (Å²) in [5.41, 5.74) is 4.18. The van der Waals surface area contributed by atoms with Crippen molar-refractivity contribution in [3.63, 3.8) is 0 Å². The van der Waals surface area contributed by atoms with Crippen molar-refractivity contribution in [2.24, 2.45) is 0 Å². The highest BCUT2D eigenvalue weighted by molar-refractivity contribution is 7.99. The fourth-order valence-electron chi connectivity index (χ4n) is 2.41. The first-order chi connectivity index (χ1) is 12.0. The predicted octanol–water partition coefficient (Wildman–Crippen LogP) is 3.52. The number of hydrogen-bond acceptors (Lipinski definition) is 5. The van der Waals surface area contributed by atoms with Gasteiger partial charge >= 0.3 is 0 Å². The van der Waals surface area contributed by atoms with Crippen molar-refractivity contribution in [2.75, 3.05) is 11.1 Å². The second-order valence-electron chi connectivity index (χ2n) is 5.67. The third-order valence-electron chi connectivity index (χ3n) is 3.78. The summed E-state index contributed by atoms with van der Waals surface area (Å²) in [5.74, 6) is 1.37. The quantitative estimate of drug-likeness (QED) is 0.686. The average molecular weight is 353 g/mol. The number of benzene rings is 1. The average Bonchev–Trinajstić information content (AvgIpc) is 3.02. The molecule has 3 rings (SSSR count). The molecule has 6 nitrogen and oxygen atoms in total. The number of aryl methyl sites for hydroxylation is 2. The van der Waals surface area contributed by atoms with Crippen LogP contribution in [0.15, 0.2) is 41.6 Å². The molecule has 0 saturated carbocycles. The zero-order valence-corrected chi connectivity index (χ0v) is 15.1. The lowest BCUT2D eigenvalue weighted by atomic mass is 10.0. The van der Waals surface area contributed by atoms with Crippen molar-refractivity contribution >= 4 is 23.5 Å². The third kappa shape index (κ3) is 4.24. The number of amides is 1. The Morgan fingerprint density at radius 1 is 1.16 bits per heavy atom. The van der Waals surface area contributed by atoms with Crippen LogP contribution in [-0.4, -0.2) is 31.8 Å². The van der Waals surface area contributed by atoms with E-state index in [1.165, 1.54) is 11.8 Å². The van der Waals surface area contributed by atoms with Gasteiger partial charge in [0.25, 0.3) is 0 Å². The molecule has 3 aromatic rings. The molecule has 0 aliphatic carbocycles. The Kier molecular flexibility index (Phi) is 5.14. The zero-order chi connectivity index (χ0) is 17.8. The van der Waals surface area contributed by atoms with Crippen molar-refractivity contribution in [1.29, 1.82) is 0 Å². The van der Waals surface area contributed by atoms with Crippen LogP contribution in [0.2, 0.25) is 0 Å². The number of thioether (sulfide) groups is 1. The number of aromatic amines is 1. The normalized spacial score (nSPS) is 10.7. The molecule has 0 aliphatic rings. The number of nitrogens with one attached hydrogen (secondary N) is 2. The van der Waals surface area contributed by atoms with E-state index in [9.17, 15) is 4.79 Å². The van der Waals surface area contributed by atoms with E-state index >= 15 is 0 Å². The maximum Gasteiger partial charge on any atom is 0.236 e. The lowest BCUT2D eigenvalue weighted by Crippen LogP contribution is -2.15. The number of carbonyl (C=O) groups is 1. The first-order valence-corrected chi connectivity index (χ1v) is 8.87. The van der Waals surface area contributed by atoms with Crippen LogP contribution >= 0.6 is 11.8 Å². The topological polar surface area (TPSA) is 83.6 Å². The standard InChI is InChI=1S/C18H19N5OS/c1-11-12(2)19-16(9-15(11)14-7-5-4-6-8-14)21-17(24)10-25-18-20-13(3)22-23-18/h4-9H,10H2,1-3H3,(H,19,21,24)(H,20,22,23). The molecular formula is C18H19N5OS. The first-order valence-electron chi connectivity index (χ1n) is 7.88. The Balaban J connectivity index is 1.74. The SMILES string of the molecule is Cc1nc(SCC(=O)Nc2cc(-c3ccccc3)c(C)c(C)n2)n[nH]1. The Morgan fingerprint density at radius 2 is 1.92 bits per heavy atom. The summed E-state index contributed by atoms with van der Waals surface area (Å²) < 4.78 is 0. The molecule has 1 amide bonds. The molecule has 2 heterocycles. The number of nitrogens with zero attached hydrogens (tertiary/aromatic N) is 3. The minimum absolute atomic E-state index is 0.137. The highest BCUT2D eigenvalue weighted by Crippen LogP contribution is 2.27. The number of rotatable bonds is 5. The van der Waals surface area contributed by atoms with E-state index in [0.29, 0.717) is 11.0 Å². The van der Waals surface area contributed by atoms with Crippen LogP contribution in [0, 0.1) is 20.8 Å². The van der Waals surface area contributed by atoms with Crippen LogP contribution in [-0.2, 0) is 4.79 Å². The van der Waals surface area contributed by atoms with E-state index in [-0.39, 0.29) is 11.7 Å². The molecule has 128 valence electrons. The molecule has 0 fully saturated rings. The van der Waals surface area contributed by atoms with Crippen molar-refractivity contribution in [3.05, 3.63) is 53.5 Å². The first kappa shape index (κ1) is 17.2. The molecule has 0 bridgehead atoms. The number of aromatic nitrogens is 4. The molecule has 25 heavy (non-hydrogen) atoms. The van der Waals surface area contributed by atoms with Crippen molar-refractivity contribution < 1.29 is 4.79 Å². The summed E-state index contributed by atoms with van der Waals surface area (Å²) in [7, 11) is 0. The molecule has 0 atom stereocenters. The van der Waals surface area contributed by atoms with Crippen LogP contribution in [0.4, 0.5) is 5.82 Å². The van der Waals surface area contributed by atoms with Crippen LogP contribution < -0.4 is 5.32 Å². The van der Waals surface area contributed by atoms with Gasteiger partial charge in [-0.15, -0.1) is 5.10 Å². The molecule has 0 radical (unpaired) electrons. The van der Waals surface area contributed by atoms with Gasteiger partial charge in [0.1, 0.15) is 11.6 Å². The number of H-pyrrole nitrogens is 1. The summed E-state index contributed by atoms with van der Waals surface area (Å²) in [6.07, 6.45) is 0. The summed E-state index contributed by atoms with van der Waals surface area (Å²) >= 11 is 1.28. The summed E-state index contributed by atoms with van der Waals surface area (Å²) in [5, 5.41) is 10.2. The smallest absolute Gasteiger partial charge is 0.236 e. The van der Waals surface area contributed by atoms with Gasteiger partial charge in [-0.1, -0.05) is 42.1 Å². The van der Waals surface area contributed by atoms with Gasteiger partial charge in [0.05, 0.1) is 5.75 Å². The Morgan fingerprint density at radius 3 is 2.60 bits per heavy atom. The van der Waals surface area contributed by atoms with E-state index in [1.807, 2.05) is 45.0 Å². The van der Waals surface area contributed by atoms with Crippen LogP contribution in [0.1, 0.15) is 17.1 Å². The van der Waals surface area contributed by atoms with Gasteiger partial charge in [-0.2, -0.15) is 0 Å². The number of carbonyl (C=O) groups excluding carboxylic acids is 1. The van der Waals surface area contributed by atoms with E-state index in [1.54, 1.807) is 0 Å². The second kappa shape index (κ2) is 7.48.